The Balaban J connectivity index is 2.30. The third kappa shape index (κ3) is 3.30. The minimum atomic E-state index is 0.368. The third-order valence-electron chi connectivity index (χ3n) is 2.50. The second kappa shape index (κ2) is 6.42. The zero-order chi connectivity index (χ0) is 14.5. The lowest BCUT2D eigenvalue weighted by Crippen LogP contribution is -2.05. The van der Waals surface area contributed by atoms with Crippen LogP contribution in [-0.4, -0.2) is 23.7 Å². The van der Waals surface area contributed by atoms with Gasteiger partial charge in [-0.2, -0.15) is 4.98 Å². The van der Waals surface area contributed by atoms with Gasteiger partial charge >= 0.3 is 0 Å². The molecule has 0 saturated carbocycles. The van der Waals surface area contributed by atoms with Gasteiger partial charge in [0.25, 0.3) is 0 Å². The molecule has 0 radical (unpaired) electrons. The van der Waals surface area contributed by atoms with Gasteiger partial charge in [-0.3, -0.25) is 0 Å². The zero-order valence-corrected chi connectivity index (χ0v) is 12.8. The molecular formula is C13H15BrN4O2. The molecule has 7 heteroatoms. The largest absolute Gasteiger partial charge is 0.497 e. The van der Waals surface area contributed by atoms with Gasteiger partial charge in [-0.15, -0.1) is 0 Å². The molecule has 1 aromatic carbocycles. The van der Waals surface area contributed by atoms with E-state index in [4.69, 9.17) is 15.2 Å². The Labute approximate surface area is 125 Å². The van der Waals surface area contributed by atoms with E-state index >= 15 is 0 Å². The summed E-state index contributed by atoms with van der Waals surface area (Å²) >= 11 is 3.42. The van der Waals surface area contributed by atoms with Crippen LogP contribution in [0.2, 0.25) is 0 Å². The van der Waals surface area contributed by atoms with E-state index in [2.05, 4.69) is 31.2 Å². The molecule has 0 fully saturated rings. The van der Waals surface area contributed by atoms with Crippen molar-refractivity contribution in [3.8, 4) is 11.6 Å². The summed E-state index contributed by atoms with van der Waals surface area (Å²) < 4.78 is 11.4. The normalized spacial score (nSPS) is 10.2. The first-order valence-corrected chi connectivity index (χ1v) is 6.78. The average molecular weight is 339 g/mol. The van der Waals surface area contributed by atoms with Crippen molar-refractivity contribution in [2.24, 2.45) is 0 Å². The van der Waals surface area contributed by atoms with Crippen molar-refractivity contribution in [2.75, 3.05) is 24.8 Å². The van der Waals surface area contributed by atoms with Crippen LogP contribution in [0, 0.1) is 0 Å². The number of nitrogens with one attached hydrogen (secondary N) is 1. The van der Waals surface area contributed by atoms with E-state index in [9.17, 15) is 0 Å². The Morgan fingerprint density at radius 2 is 2.10 bits per heavy atom. The van der Waals surface area contributed by atoms with Gasteiger partial charge in [0.2, 0.25) is 5.88 Å². The number of rotatable bonds is 5. The Hall–Kier alpha value is -2.02. The molecule has 0 atom stereocenters. The van der Waals surface area contributed by atoms with Crippen LogP contribution in [-0.2, 0) is 0 Å². The van der Waals surface area contributed by atoms with Gasteiger partial charge in [0.05, 0.1) is 13.7 Å². The van der Waals surface area contributed by atoms with E-state index in [1.54, 1.807) is 7.11 Å². The number of nitrogens with two attached hydrogens (primary N) is 1. The van der Waals surface area contributed by atoms with E-state index < -0.39 is 0 Å². The van der Waals surface area contributed by atoms with Crippen molar-refractivity contribution in [2.45, 2.75) is 6.92 Å². The van der Waals surface area contributed by atoms with Gasteiger partial charge in [0, 0.05) is 16.2 Å². The number of benzene rings is 1. The van der Waals surface area contributed by atoms with Gasteiger partial charge < -0.3 is 20.5 Å². The molecule has 6 nitrogen and oxygen atoms in total. The van der Waals surface area contributed by atoms with E-state index in [-0.39, 0.29) is 0 Å². The molecule has 0 aliphatic rings. The number of hydrogen-bond acceptors (Lipinski definition) is 6. The summed E-state index contributed by atoms with van der Waals surface area (Å²) in [7, 11) is 1.61. The van der Waals surface area contributed by atoms with E-state index in [1.165, 1.54) is 6.33 Å². The van der Waals surface area contributed by atoms with Crippen molar-refractivity contribution in [3.63, 3.8) is 0 Å². The topological polar surface area (TPSA) is 82.3 Å². The summed E-state index contributed by atoms with van der Waals surface area (Å²) in [6.45, 7) is 2.36. The number of methoxy groups -OCH3 is 1. The Morgan fingerprint density at radius 3 is 2.80 bits per heavy atom. The van der Waals surface area contributed by atoms with E-state index in [1.807, 2.05) is 25.1 Å². The number of halogens is 1. The maximum Gasteiger partial charge on any atom is 0.242 e. The first kappa shape index (κ1) is 14.4. The van der Waals surface area contributed by atoms with Gasteiger partial charge in [-0.25, -0.2) is 4.98 Å². The maximum absolute atomic E-state index is 5.97. The third-order valence-corrected chi connectivity index (χ3v) is 2.96. The number of nitrogens with zero attached hydrogens (tertiary/aromatic N) is 2. The minimum Gasteiger partial charge on any atom is -0.497 e. The highest BCUT2D eigenvalue weighted by Gasteiger charge is 2.10. The van der Waals surface area contributed by atoms with Crippen LogP contribution in [0.15, 0.2) is 29.0 Å². The van der Waals surface area contributed by atoms with E-state index in [0.29, 0.717) is 24.0 Å². The summed E-state index contributed by atoms with van der Waals surface area (Å²) in [5.74, 6) is 1.58. The predicted octanol–water partition coefficient (Wildman–Crippen LogP) is 2.97. The summed E-state index contributed by atoms with van der Waals surface area (Å²) in [6, 6.07) is 5.59. The fourth-order valence-electron chi connectivity index (χ4n) is 1.62. The number of ether oxygens (including phenoxy) is 2. The average Bonchev–Trinajstić information content (AvgIpc) is 2.43. The highest BCUT2D eigenvalue weighted by Crippen LogP contribution is 2.30. The molecule has 2 rings (SSSR count). The van der Waals surface area contributed by atoms with Crippen LogP contribution in [0.5, 0.6) is 11.6 Å². The summed E-state index contributed by atoms with van der Waals surface area (Å²) in [4.78, 5) is 8.11. The molecule has 0 amide bonds. The van der Waals surface area contributed by atoms with Gasteiger partial charge in [-0.1, -0.05) is 15.9 Å². The van der Waals surface area contributed by atoms with Crippen LogP contribution >= 0.6 is 15.9 Å². The Morgan fingerprint density at radius 1 is 1.30 bits per heavy atom. The molecule has 0 saturated heterocycles. The summed E-state index contributed by atoms with van der Waals surface area (Å²) in [6.07, 6.45) is 1.40. The zero-order valence-electron chi connectivity index (χ0n) is 11.2. The molecule has 0 bridgehead atoms. The Bertz CT molecular complexity index is 607. The molecular weight excluding hydrogens is 324 g/mol. The molecule has 0 spiro atoms. The molecule has 0 aliphatic heterocycles. The maximum atomic E-state index is 5.97. The van der Waals surface area contributed by atoms with Gasteiger partial charge in [-0.05, 0) is 19.1 Å². The first-order valence-electron chi connectivity index (χ1n) is 5.99. The number of anilines is 3. The van der Waals surface area contributed by atoms with Crippen LogP contribution in [0.25, 0.3) is 0 Å². The molecule has 106 valence electrons. The lowest BCUT2D eigenvalue weighted by molar-refractivity contribution is 0.328. The lowest BCUT2D eigenvalue weighted by Gasteiger charge is -2.12. The van der Waals surface area contributed by atoms with Gasteiger partial charge in [0.1, 0.15) is 17.8 Å². The van der Waals surface area contributed by atoms with Crippen molar-refractivity contribution >= 4 is 33.1 Å². The predicted molar refractivity (Wildman–Crippen MR) is 81.6 cm³/mol. The number of hydrogen-bond donors (Lipinski definition) is 2. The lowest BCUT2D eigenvalue weighted by atomic mass is 10.3. The molecule has 3 N–H and O–H groups in total. The van der Waals surface area contributed by atoms with Crippen molar-refractivity contribution < 1.29 is 9.47 Å². The molecule has 2 aromatic rings. The van der Waals surface area contributed by atoms with Crippen molar-refractivity contribution in [3.05, 3.63) is 29.0 Å². The number of nitrogen functional groups attached to an aromatic ring is 1. The SMILES string of the molecule is CCOc1ncnc(Nc2cc(Br)cc(OC)c2)c1N. The summed E-state index contributed by atoms with van der Waals surface area (Å²) in [5, 5.41) is 3.12. The second-order valence-electron chi connectivity index (χ2n) is 3.88. The van der Waals surface area contributed by atoms with Crippen molar-refractivity contribution in [1.82, 2.24) is 9.97 Å². The highest BCUT2D eigenvalue weighted by molar-refractivity contribution is 9.10. The van der Waals surface area contributed by atoms with Crippen LogP contribution in [0.1, 0.15) is 6.92 Å². The van der Waals surface area contributed by atoms with Crippen LogP contribution in [0.3, 0.4) is 0 Å². The standard InChI is InChI=1S/C13H15BrN4O2/c1-3-20-13-11(15)12(16-7-17-13)18-9-4-8(14)5-10(6-9)19-2/h4-7H,3,15H2,1-2H3,(H,16,17,18). The molecule has 1 aromatic heterocycles. The second-order valence-corrected chi connectivity index (χ2v) is 4.79. The van der Waals surface area contributed by atoms with Crippen LogP contribution in [0.4, 0.5) is 17.2 Å². The minimum absolute atomic E-state index is 0.368. The van der Waals surface area contributed by atoms with Gasteiger partial charge in [0.15, 0.2) is 5.82 Å². The molecule has 20 heavy (non-hydrogen) atoms. The fourth-order valence-corrected chi connectivity index (χ4v) is 2.09. The molecule has 1 heterocycles. The smallest absolute Gasteiger partial charge is 0.242 e. The summed E-state index contributed by atoms with van der Waals surface area (Å²) in [5.41, 5.74) is 7.13. The monoisotopic (exact) mass is 338 g/mol. The number of aromatic nitrogens is 2. The van der Waals surface area contributed by atoms with Crippen LogP contribution < -0.4 is 20.5 Å². The quantitative estimate of drug-likeness (QED) is 0.872. The first-order chi connectivity index (χ1) is 9.63. The Kier molecular flexibility index (Phi) is 4.62. The molecule has 0 aliphatic carbocycles. The highest BCUT2D eigenvalue weighted by atomic mass is 79.9. The van der Waals surface area contributed by atoms with E-state index in [0.717, 1.165) is 15.9 Å². The fraction of sp³-hybridized carbons (Fsp3) is 0.231. The van der Waals surface area contributed by atoms with Crippen molar-refractivity contribution in [1.29, 1.82) is 0 Å². The molecule has 0 unspecified atom stereocenters.